The maximum absolute atomic E-state index is 11.4. The van der Waals surface area contributed by atoms with Crippen LogP contribution in [0.15, 0.2) is 30.3 Å². The van der Waals surface area contributed by atoms with Gasteiger partial charge < -0.3 is 5.32 Å². The van der Waals surface area contributed by atoms with Crippen LogP contribution in [0, 0.1) is 5.92 Å². The van der Waals surface area contributed by atoms with E-state index in [1.807, 2.05) is 0 Å². The van der Waals surface area contributed by atoms with Gasteiger partial charge in [-0.3, -0.25) is 0 Å². The van der Waals surface area contributed by atoms with E-state index in [0.717, 1.165) is 6.54 Å². The molecule has 1 aliphatic heterocycles. The van der Waals surface area contributed by atoms with Crippen molar-refractivity contribution >= 4 is 10.0 Å². The summed E-state index contributed by atoms with van der Waals surface area (Å²) in [5.74, 6) is 0.471. The topological polar surface area (TPSA) is 49.4 Å². The molecule has 3 rings (SSSR count). The fourth-order valence-electron chi connectivity index (χ4n) is 3.77. The molecular weight excluding hydrogens is 296 g/mol. The maximum atomic E-state index is 11.4. The van der Waals surface area contributed by atoms with Gasteiger partial charge in [-0.1, -0.05) is 37.3 Å². The highest BCUT2D eigenvalue weighted by Crippen LogP contribution is 2.40. The molecule has 1 N–H and O–H groups in total. The highest BCUT2D eigenvalue weighted by molar-refractivity contribution is 7.88. The molecule has 0 unspecified atom stereocenters. The molecule has 2 atom stereocenters. The van der Waals surface area contributed by atoms with Gasteiger partial charge in [0.25, 0.3) is 0 Å². The second-order valence-electron chi connectivity index (χ2n) is 7.22. The quantitative estimate of drug-likeness (QED) is 0.902. The predicted molar refractivity (Wildman–Crippen MR) is 89.3 cm³/mol. The second kappa shape index (κ2) is 5.95. The molecule has 22 heavy (non-hydrogen) atoms. The molecule has 1 heterocycles. The zero-order valence-electron chi connectivity index (χ0n) is 13.5. The molecule has 2 fully saturated rings. The van der Waals surface area contributed by atoms with Crippen LogP contribution < -0.4 is 5.32 Å². The van der Waals surface area contributed by atoms with Gasteiger partial charge in [0.2, 0.25) is 10.0 Å². The Morgan fingerprint density at radius 2 is 1.95 bits per heavy atom. The van der Waals surface area contributed by atoms with Crippen molar-refractivity contribution in [2.75, 3.05) is 25.9 Å². The van der Waals surface area contributed by atoms with Gasteiger partial charge in [0, 0.05) is 25.7 Å². The largest absolute Gasteiger partial charge is 0.314 e. The van der Waals surface area contributed by atoms with Crippen LogP contribution in [-0.2, 0) is 15.4 Å². The normalized spacial score (nSPS) is 30.4. The Hall–Kier alpha value is -0.910. The third-order valence-electron chi connectivity index (χ3n) is 5.30. The molecule has 1 saturated carbocycles. The smallest absolute Gasteiger partial charge is 0.211 e. The van der Waals surface area contributed by atoms with Gasteiger partial charge in [0.05, 0.1) is 6.26 Å². The van der Waals surface area contributed by atoms with Crippen molar-refractivity contribution in [1.82, 2.24) is 9.62 Å². The minimum atomic E-state index is -2.99. The summed E-state index contributed by atoms with van der Waals surface area (Å²) in [4.78, 5) is 0. The summed E-state index contributed by atoms with van der Waals surface area (Å²) in [5, 5.41) is 3.66. The molecule has 4 nitrogen and oxygen atoms in total. The maximum Gasteiger partial charge on any atom is 0.211 e. The van der Waals surface area contributed by atoms with Crippen molar-refractivity contribution in [3.8, 4) is 0 Å². The first-order valence-electron chi connectivity index (χ1n) is 8.11. The van der Waals surface area contributed by atoms with Crippen LogP contribution in [0.3, 0.4) is 0 Å². The van der Waals surface area contributed by atoms with E-state index in [1.54, 1.807) is 4.31 Å². The van der Waals surface area contributed by atoms with Crippen molar-refractivity contribution in [2.24, 2.45) is 5.92 Å². The Kier molecular flexibility index (Phi) is 4.32. The molecule has 1 aliphatic carbocycles. The van der Waals surface area contributed by atoms with Crippen LogP contribution in [0.4, 0.5) is 0 Å². The van der Waals surface area contributed by atoms with Crippen molar-refractivity contribution in [3.05, 3.63) is 35.9 Å². The van der Waals surface area contributed by atoms with Crippen LogP contribution >= 0.6 is 0 Å². The van der Waals surface area contributed by atoms with E-state index >= 15 is 0 Å². The Balaban J connectivity index is 1.47. The summed E-state index contributed by atoms with van der Waals surface area (Å²) >= 11 is 0. The zero-order valence-corrected chi connectivity index (χ0v) is 14.3. The van der Waals surface area contributed by atoms with E-state index in [2.05, 4.69) is 42.6 Å². The average molecular weight is 322 g/mol. The molecule has 1 aromatic carbocycles. The van der Waals surface area contributed by atoms with Crippen LogP contribution in [0.5, 0.6) is 0 Å². The predicted octanol–water partition coefficient (Wildman–Crippen LogP) is 1.98. The van der Waals surface area contributed by atoms with Gasteiger partial charge in [-0.25, -0.2) is 12.7 Å². The molecule has 2 aliphatic rings. The molecule has 1 aromatic rings. The zero-order chi connectivity index (χ0) is 15.8. The summed E-state index contributed by atoms with van der Waals surface area (Å²) in [6, 6.07) is 11.3. The summed E-state index contributed by atoms with van der Waals surface area (Å²) in [5.41, 5.74) is 1.71. The first-order chi connectivity index (χ1) is 10.4. The molecule has 0 spiro atoms. The molecular formula is C17H26N2O2S. The Morgan fingerprint density at radius 3 is 2.59 bits per heavy atom. The minimum absolute atomic E-state index is 0.275. The van der Waals surface area contributed by atoms with Crippen LogP contribution in [0.1, 0.15) is 31.7 Å². The van der Waals surface area contributed by atoms with Gasteiger partial charge >= 0.3 is 0 Å². The minimum Gasteiger partial charge on any atom is -0.314 e. The van der Waals surface area contributed by atoms with Gasteiger partial charge in [0.15, 0.2) is 0 Å². The fourth-order valence-corrected chi connectivity index (χ4v) is 4.74. The number of nitrogens with zero attached hydrogens (tertiary/aromatic N) is 1. The summed E-state index contributed by atoms with van der Waals surface area (Å²) in [6.45, 7) is 4.64. The average Bonchev–Trinajstić information content (AvgIpc) is 2.80. The van der Waals surface area contributed by atoms with Crippen LogP contribution in [0.25, 0.3) is 0 Å². The first-order valence-corrected chi connectivity index (χ1v) is 9.96. The van der Waals surface area contributed by atoms with Gasteiger partial charge in [-0.05, 0) is 36.2 Å². The third-order valence-corrected chi connectivity index (χ3v) is 6.54. The summed E-state index contributed by atoms with van der Waals surface area (Å²) < 4.78 is 24.3. The van der Waals surface area contributed by atoms with Crippen molar-refractivity contribution < 1.29 is 8.42 Å². The summed E-state index contributed by atoms with van der Waals surface area (Å²) in [7, 11) is -2.99. The SMILES string of the molecule is C[C@]1(c2ccccc2)CC[C@H](NCC2CN(S(C)(=O)=O)C2)C1. The summed E-state index contributed by atoms with van der Waals surface area (Å²) in [6.07, 6.45) is 4.88. The number of hydrogen-bond acceptors (Lipinski definition) is 3. The molecule has 0 bridgehead atoms. The Bertz CT molecular complexity index is 611. The Morgan fingerprint density at radius 1 is 1.27 bits per heavy atom. The molecule has 0 radical (unpaired) electrons. The van der Waals surface area contributed by atoms with Crippen LogP contribution in [-0.4, -0.2) is 44.7 Å². The van der Waals surface area contributed by atoms with E-state index in [1.165, 1.54) is 31.1 Å². The number of nitrogens with one attached hydrogen (secondary N) is 1. The van der Waals surface area contributed by atoms with Gasteiger partial charge in [-0.2, -0.15) is 0 Å². The van der Waals surface area contributed by atoms with Crippen molar-refractivity contribution in [3.63, 3.8) is 0 Å². The lowest BCUT2D eigenvalue weighted by molar-refractivity contribution is 0.192. The standard InChI is InChI=1S/C17H26N2O2S/c1-17(15-6-4-3-5-7-15)9-8-16(10-17)18-11-14-12-19(13-14)22(2,20)21/h3-7,14,16,18H,8-13H2,1-2H3/t16-,17-/m0/s1. The Labute approximate surface area is 134 Å². The highest BCUT2D eigenvalue weighted by atomic mass is 32.2. The lowest BCUT2D eigenvalue weighted by Crippen LogP contribution is -2.53. The monoisotopic (exact) mass is 322 g/mol. The first kappa shape index (κ1) is 16.0. The van der Waals surface area contributed by atoms with Gasteiger partial charge in [0.1, 0.15) is 0 Å². The lowest BCUT2D eigenvalue weighted by Gasteiger charge is -2.38. The number of sulfonamides is 1. The van der Waals surface area contributed by atoms with E-state index in [9.17, 15) is 8.42 Å². The number of benzene rings is 1. The number of rotatable bonds is 5. The molecule has 1 saturated heterocycles. The van der Waals surface area contributed by atoms with Crippen LogP contribution in [0.2, 0.25) is 0 Å². The lowest BCUT2D eigenvalue weighted by atomic mass is 9.81. The highest BCUT2D eigenvalue weighted by Gasteiger charge is 2.38. The molecule has 122 valence electrons. The molecule has 0 amide bonds. The fraction of sp³-hybridized carbons (Fsp3) is 0.647. The van der Waals surface area contributed by atoms with E-state index in [4.69, 9.17) is 0 Å². The van der Waals surface area contributed by atoms with E-state index < -0.39 is 10.0 Å². The third kappa shape index (κ3) is 3.36. The van der Waals surface area contributed by atoms with E-state index in [0.29, 0.717) is 25.0 Å². The number of hydrogen-bond donors (Lipinski definition) is 1. The van der Waals surface area contributed by atoms with E-state index in [-0.39, 0.29) is 5.41 Å². The molecule has 0 aromatic heterocycles. The van der Waals surface area contributed by atoms with Gasteiger partial charge in [-0.15, -0.1) is 0 Å². The second-order valence-corrected chi connectivity index (χ2v) is 9.20. The molecule has 5 heteroatoms. The van der Waals surface area contributed by atoms with Crippen molar-refractivity contribution in [2.45, 2.75) is 37.6 Å². The van der Waals surface area contributed by atoms with Crippen molar-refractivity contribution in [1.29, 1.82) is 0 Å².